The van der Waals surface area contributed by atoms with Gasteiger partial charge in [0.2, 0.25) is 0 Å². The Morgan fingerprint density at radius 2 is 2.26 bits per heavy atom. The summed E-state index contributed by atoms with van der Waals surface area (Å²) >= 11 is 0. The monoisotopic (exact) mass is 268 g/mol. The number of hydrogen-bond acceptors (Lipinski definition) is 2. The second kappa shape index (κ2) is 5.04. The summed E-state index contributed by atoms with van der Waals surface area (Å²) < 4.78 is 33.7. The number of hydrogen-bond donors (Lipinski definition) is 0. The van der Waals surface area contributed by atoms with Gasteiger partial charge in [0, 0.05) is 25.6 Å². The quantitative estimate of drug-likeness (QED) is 0.816. The van der Waals surface area contributed by atoms with Gasteiger partial charge in [0.25, 0.3) is 5.92 Å². The Kier molecular flexibility index (Phi) is 3.39. The second-order valence-corrected chi connectivity index (χ2v) is 5.29. The Bertz CT molecular complexity index is 476. The van der Waals surface area contributed by atoms with E-state index < -0.39 is 5.92 Å². The molecule has 104 valence electrons. The van der Waals surface area contributed by atoms with Crippen molar-refractivity contribution in [2.45, 2.75) is 50.7 Å². The zero-order chi connectivity index (χ0) is 13.3. The summed E-state index contributed by atoms with van der Waals surface area (Å²) in [5, 5.41) is 4.48. The molecule has 0 aromatic carbocycles. The molecule has 1 aromatic heterocycles. The molecule has 1 aliphatic carbocycles. The minimum atomic E-state index is -2.54. The van der Waals surface area contributed by atoms with E-state index in [2.05, 4.69) is 5.10 Å². The number of nitrogens with zero attached hydrogens (tertiary/aromatic N) is 2. The van der Waals surface area contributed by atoms with Crippen LogP contribution in [0.4, 0.5) is 8.78 Å². The molecule has 0 saturated carbocycles. The van der Waals surface area contributed by atoms with Crippen LogP contribution in [-0.2, 0) is 4.74 Å². The van der Waals surface area contributed by atoms with Gasteiger partial charge in [0.15, 0.2) is 0 Å². The van der Waals surface area contributed by atoms with Gasteiger partial charge >= 0.3 is 0 Å². The van der Waals surface area contributed by atoms with Crippen molar-refractivity contribution < 1.29 is 13.5 Å². The van der Waals surface area contributed by atoms with Crippen LogP contribution in [0.2, 0.25) is 0 Å². The van der Waals surface area contributed by atoms with Gasteiger partial charge in [-0.2, -0.15) is 5.10 Å². The molecular formula is C14H18F2N2O. The van der Waals surface area contributed by atoms with Crippen molar-refractivity contribution in [1.29, 1.82) is 0 Å². The summed E-state index contributed by atoms with van der Waals surface area (Å²) in [6.07, 6.45) is 6.89. The number of halogens is 2. The molecule has 2 aliphatic rings. The molecule has 0 spiro atoms. The third-order valence-corrected chi connectivity index (χ3v) is 3.80. The molecule has 1 aromatic rings. The van der Waals surface area contributed by atoms with Crippen LogP contribution in [0.5, 0.6) is 0 Å². The van der Waals surface area contributed by atoms with Crippen LogP contribution in [0.15, 0.2) is 18.3 Å². The summed E-state index contributed by atoms with van der Waals surface area (Å²) in [5.74, 6) is -2.54. The van der Waals surface area contributed by atoms with E-state index in [1.54, 1.807) is 6.08 Å². The average Bonchev–Trinajstić information content (AvgIpc) is 2.89. The lowest BCUT2D eigenvalue weighted by Crippen LogP contribution is -2.19. The summed E-state index contributed by atoms with van der Waals surface area (Å²) in [6.45, 7) is 0.773. The van der Waals surface area contributed by atoms with Crippen molar-refractivity contribution in [3.8, 4) is 0 Å². The molecule has 2 heterocycles. The molecule has 5 heteroatoms. The first-order valence-electron chi connectivity index (χ1n) is 6.88. The topological polar surface area (TPSA) is 27.1 Å². The first-order valence-corrected chi connectivity index (χ1v) is 6.88. The predicted molar refractivity (Wildman–Crippen MR) is 67.8 cm³/mol. The molecular weight excluding hydrogens is 250 g/mol. The maximum Gasteiger partial charge on any atom is 0.251 e. The molecule has 0 amide bonds. The third-order valence-electron chi connectivity index (χ3n) is 3.80. The number of allylic oxidation sites excluding steroid dienone is 2. The van der Waals surface area contributed by atoms with Gasteiger partial charge in [-0.15, -0.1) is 0 Å². The van der Waals surface area contributed by atoms with Crippen molar-refractivity contribution in [3.63, 3.8) is 0 Å². The van der Waals surface area contributed by atoms with E-state index in [1.165, 1.54) is 0 Å². The van der Waals surface area contributed by atoms with E-state index >= 15 is 0 Å². The molecule has 1 saturated heterocycles. The van der Waals surface area contributed by atoms with Crippen LogP contribution in [-0.4, -0.2) is 22.3 Å². The minimum Gasteiger partial charge on any atom is -0.357 e. The average molecular weight is 268 g/mol. The molecule has 0 N–H and O–H groups in total. The van der Waals surface area contributed by atoms with E-state index in [4.69, 9.17) is 4.74 Å². The Morgan fingerprint density at radius 3 is 2.95 bits per heavy atom. The van der Waals surface area contributed by atoms with E-state index in [0.29, 0.717) is 6.42 Å². The standard InChI is InChI=1S/C14H18F2N2O/c15-14(16)7-4-11(5-8-14)12-6-9-18(17-12)13-3-1-2-10-19-13/h4,6,9,13H,1-3,5,7-8,10H2. The molecule has 0 radical (unpaired) electrons. The van der Waals surface area contributed by atoms with Gasteiger partial charge in [-0.1, -0.05) is 6.08 Å². The van der Waals surface area contributed by atoms with E-state index in [0.717, 1.165) is 37.1 Å². The lowest BCUT2D eigenvalue weighted by Gasteiger charge is -2.23. The molecule has 3 nitrogen and oxygen atoms in total. The molecule has 1 aliphatic heterocycles. The van der Waals surface area contributed by atoms with Crippen molar-refractivity contribution in [2.75, 3.05) is 6.61 Å². The smallest absolute Gasteiger partial charge is 0.251 e. The Balaban J connectivity index is 1.73. The van der Waals surface area contributed by atoms with Gasteiger partial charge < -0.3 is 4.74 Å². The maximum absolute atomic E-state index is 13.1. The highest BCUT2D eigenvalue weighted by atomic mass is 19.3. The number of ether oxygens (including phenoxy) is 1. The van der Waals surface area contributed by atoms with Gasteiger partial charge in [-0.25, -0.2) is 13.5 Å². The van der Waals surface area contributed by atoms with Gasteiger partial charge in [0.1, 0.15) is 6.23 Å². The number of aromatic nitrogens is 2. The predicted octanol–water partition coefficient (Wildman–Crippen LogP) is 3.78. The zero-order valence-corrected chi connectivity index (χ0v) is 10.8. The first-order chi connectivity index (χ1) is 9.14. The second-order valence-electron chi connectivity index (χ2n) is 5.29. The third kappa shape index (κ3) is 2.86. The van der Waals surface area contributed by atoms with E-state index in [-0.39, 0.29) is 19.1 Å². The van der Waals surface area contributed by atoms with Crippen molar-refractivity contribution >= 4 is 5.57 Å². The normalized spacial score (nSPS) is 27.1. The maximum atomic E-state index is 13.1. The van der Waals surface area contributed by atoms with Crippen LogP contribution in [0.3, 0.4) is 0 Å². The molecule has 19 heavy (non-hydrogen) atoms. The summed E-state index contributed by atoms with van der Waals surface area (Å²) in [7, 11) is 0. The van der Waals surface area contributed by atoms with Crippen LogP contribution < -0.4 is 0 Å². The minimum absolute atomic E-state index is 0.00753. The number of alkyl halides is 2. The van der Waals surface area contributed by atoms with Crippen LogP contribution in [0.25, 0.3) is 5.57 Å². The first kappa shape index (κ1) is 12.8. The molecule has 1 atom stereocenters. The largest absolute Gasteiger partial charge is 0.357 e. The molecule has 1 unspecified atom stereocenters. The highest BCUT2D eigenvalue weighted by molar-refractivity contribution is 5.63. The van der Waals surface area contributed by atoms with Crippen LogP contribution in [0.1, 0.15) is 50.4 Å². The molecule has 3 rings (SSSR count). The number of rotatable bonds is 2. The Hall–Kier alpha value is -1.23. The molecule has 1 fully saturated rings. The fraction of sp³-hybridized carbons (Fsp3) is 0.643. The highest BCUT2D eigenvalue weighted by Crippen LogP contribution is 2.36. The summed E-state index contributed by atoms with van der Waals surface area (Å²) in [6, 6.07) is 1.90. The zero-order valence-electron chi connectivity index (χ0n) is 10.8. The summed E-state index contributed by atoms with van der Waals surface area (Å²) in [5.41, 5.74) is 1.74. The van der Waals surface area contributed by atoms with Crippen LogP contribution >= 0.6 is 0 Å². The van der Waals surface area contributed by atoms with Crippen molar-refractivity contribution in [3.05, 3.63) is 24.0 Å². The van der Waals surface area contributed by atoms with Gasteiger partial charge in [0.05, 0.1) is 5.69 Å². The Labute approximate surface area is 111 Å². The van der Waals surface area contributed by atoms with Crippen LogP contribution in [0, 0.1) is 0 Å². The van der Waals surface area contributed by atoms with Gasteiger partial charge in [-0.05, 0) is 37.3 Å². The Morgan fingerprint density at radius 1 is 1.37 bits per heavy atom. The van der Waals surface area contributed by atoms with Crippen molar-refractivity contribution in [1.82, 2.24) is 9.78 Å². The van der Waals surface area contributed by atoms with E-state index in [1.807, 2.05) is 16.9 Å². The van der Waals surface area contributed by atoms with Crippen molar-refractivity contribution in [2.24, 2.45) is 0 Å². The SMILES string of the molecule is FC1(F)CC=C(c2ccn(C3CCCCO3)n2)CC1. The fourth-order valence-electron chi connectivity index (χ4n) is 2.63. The fourth-order valence-corrected chi connectivity index (χ4v) is 2.63. The lowest BCUT2D eigenvalue weighted by molar-refractivity contribution is -0.0395. The van der Waals surface area contributed by atoms with Gasteiger partial charge in [-0.3, -0.25) is 0 Å². The van der Waals surface area contributed by atoms with E-state index in [9.17, 15) is 8.78 Å². The molecule has 0 bridgehead atoms. The highest BCUT2D eigenvalue weighted by Gasteiger charge is 2.31. The lowest BCUT2D eigenvalue weighted by atomic mass is 9.94. The summed E-state index contributed by atoms with van der Waals surface area (Å²) in [4.78, 5) is 0.